The largest absolute Gasteiger partial charge is 0.355 e. The van der Waals surface area contributed by atoms with Crippen LogP contribution < -0.4 is 15.4 Å². The van der Waals surface area contributed by atoms with Gasteiger partial charge in [-0.3, -0.25) is 10.1 Å². The van der Waals surface area contributed by atoms with E-state index in [2.05, 4.69) is 20.3 Å². The van der Waals surface area contributed by atoms with Crippen molar-refractivity contribution in [2.24, 2.45) is 4.99 Å². The van der Waals surface area contributed by atoms with Crippen molar-refractivity contribution < 1.29 is 13.3 Å². The van der Waals surface area contributed by atoms with Gasteiger partial charge in [-0.1, -0.05) is 35.9 Å². The van der Waals surface area contributed by atoms with Gasteiger partial charge in [-0.15, -0.1) is 24.0 Å². The van der Waals surface area contributed by atoms with Crippen molar-refractivity contribution in [2.45, 2.75) is 13.1 Å². The lowest BCUT2D eigenvalue weighted by molar-refractivity contribution is -0.384. The van der Waals surface area contributed by atoms with Crippen molar-refractivity contribution in [3.63, 3.8) is 0 Å². The Kier molecular flexibility index (Phi) is 11.0. The van der Waals surface area contributed by atoms with Gasteiger partial charge in [-0.2, -0.15) is 0 Å². The van der Waals surface area contributed by atoms with E-state index >= 15 is 0 Å². The van der Waals surface area contributed by atoms with Crippen LogP contribution in [0, 0.1) is 10.1 Å². The number of aliphatic imine (C=N–C) groups is 1. The number of rotatable bonds is 9. The van der Waals surface area contributed by atoms with Crippen LogP contribution in [0.25, 0.3) is 0 Å². The SMILES string of the molecule is CS(=O)(=O)NCCNC(=NCc1cccc(Cl)c1)NCc1ccc([N+](=O)[O-])cc1.I. The van der Waals surface area contributed by atoms with Crippen LogP contribution in [0.3, 0.4) is 0 Å². The van der Waals surface area contributed by atoms with Gasteiger partial charge in [-0.25, -0.2) is 18.1 Å². The summed E-state index contributed by atoms with van der Waals surface area (Å²) in [6, 6.07) is 13.5. The fraction of sp³-hybridized carbons (Fsp3) is 0.278. The number of hydrogen-bond acceptors (Lipinski definition) is 5. The molecule has 0 radical (unpaired) electrons. The van der Waals surface area contributed by atoms with E-state index in [9.17, 15) is 18.5 Å². The number of non-ortho nitro benzene ring substituents is 1. The molecule has 0 saturated heterocycles. The summed E-state index contributed by atoms with van der Waals surface area (Å²) in [6.07, 6.45) is 1.09. The second-order valence-corrected chi connectivity index (χ2v) is 8.43. The van der Waals surface area contributed by atoms with Gasteiger partial charge in [-0.05, 0) is 23.3 Å². The number of nitro benzene ring substituents is 1. The number of hydrogen-bond donors (Lipinski definition) is 3. The zero-order valence-electron chi connectivity index (χ0n) is 16.2. The fourth-order valence-electron chi connectivity index (χ4n) is 2.32. The summed E-state index contributed by atoms with van der Waals surface area (Å²) < 4.78 is 24.7. The van der Waals surface area contributed by atoms with Crippen molar-refractivity contribution in [1.82, 2.24) is 15.4 Å². The molecule has 0 unspecified atom stereocenters. The number of sulfonamides is 1. The molecule has 0 fully saturated rings. The maximum atomic E-state index is 11.2. The Labute approximate surface area is 197 Å². The Morgan fingerprint density at radius 3 is 2.40 bits per heavy atom. The van der Waals surface area contributed by atoms with E-state index in [0.29, 0.717) is 30.6 Å². The molecular weight excluding hydrogens is 545 g/mol. The van der Waals surface area contributed by atoms with Crippen molar-refractivity contribution >= 4 is 57.2 Å². The average Bonchev–Trinajstić information content (AvgIpc) is 2.66. The second kappa shape index (κ2) is 12.7. The molecule has 0 spiro atoms. The van der Waals surface area contributed by atoms with Crippen LogP contribution in [-0.2, 0) is 23.1 Å². The van der Waals surface area contributed by atoms with Crippen LogP contribution in [-0.4, -0.2) is 38.6 Å². The number of halogens is 2. The van der Waals surface area contributed by atoms with E-state index in [-0.39, 0.29) is 36.2 Å². The van der Waals surface area contributed by atoms with E-state index in [1.54, 1.807) is 18.2 Å². The van der Waals surface area contributed by atoms with Gasteiger partial charge in [0.25, 0.3) is 5.69 Å². The molecule has 164 valence electrons. The van der Waals surface area contributed by atoms with Crippen molar-refractivity contribution in [1.29, 1.82) is 0 Å². The summed E-state index contributed by atoms with van der Waals surface area (Å²) in [4.78, 5) is 14.8. The van der Waals surface area contributed by atoms with Crippen LogP contribution in [0.2, 0.25) is 5.02 Å². The number of nitrogens with zero attached hydrogens (tertiary/aromatic N) is 2. The number of benzene rings is 2. The molecule has 9 nitrogen and oxygen atoms in total. The third-order valence-electron chi connectivity index (χ3n) is 3.70. The highest BCUT2D eigenvalue weighted by molar-refractivity contribution is 14.0. The molecule has 0 saturated carbocycles. The van der Waals surface area contributed by atoms with Crippen LogP contribution in [0.1, 0.15) is 11.1 Å². The number of nitro groups is 1. The first-order chi connectivity index (χ1) is 13.7. The molecule has 0 heterocycles. The lowest BCUT2D eigenvalue weighted by atomic mass is 10.2. The lowest BCUT2D eigenvalue weighted by Gasteiger charge is -2.13. The normalized spacial score (nSPS) is 11.5. The van der Waals surface area contributed by atoms with Crippen molar-refractivity contribution in [2.75, 3.05) is 19.3 Å². The molecule has 0 amide bonds. The van der Waals surface area contributed by atoms with Crippen molar-refractivity contribution in [3.05, 3.63) is 74.8 Å². The minimum absolute atomic E-state index is 0. The molecule has 0 aliphatic carbocycles. The fourth-order valence-corrected chi connectivity index (χ4v) is 3.00. The van der Waals surface area contributed by atoms with E-state index in [1.807, 2.05) is 18.2 Å². The highest BCUT2D eigenvalue weighted by atomic mass is 127. The molecule has 0 aliphatic heterocycles. The zero-order chi connectivity index (χ0) is 21.3. The topological polar surface area (TPSA) is 126 Å². The Hall–Kier alpha value is -1.96. The van der Waals surface area contributed by atoms with Gasteiger partial charge in [0.05, 0.1) is 17.7 Å². The van der Waals surface area contributed by atoms with Crippen LogP contribution in [0.4, 0.5) is 5.69 Å². The van der Waals surface area contributed by atoms with Gasteiger partial charge in [0.1, 0.15) is 0 Å². The minimum Gasteiger partial charge on any atom is -0.355 e. The van der Waals surface area contributed by atoms with Gasteiger partial charge >= 0.3 is 0 Å². The molecule has 2 aromatic rings. The van der Waals surface area contributed by atoms with E-state index in [1.165, 1.54) is 12.1 Å². The molecule has 0 aliphatic rings. The predicted octanol–water partition coefficient (Wildman–Crippen LogP) is 2.65. The average molecular weight is 568 g/mol. The molecule has 0 atom stereocenters. The second-order valence-electron chi connectivity index (χ2n) is 6.17. The standard InChI is InChI=1S/C18H22ClN5O4S.HI/c1-29(27,28)23-10-9-20-18(22-13-15-3-2-4-16(19)11-15)21-12-14-5-7-17(8-6-14)24(25)26;/h2-8,11,23H,9-10,12-13H2,1H3,(H2,20,21,22);1H. The third-order valence-corrected chi connectivity index (χ3v) is 4.66. The highest BCUT2D eigenvalue weighted by Crippen LogP contribution is 2.12. The predicted molar refractivity (Wildman–Crippen MR) is 129 cm³/mol. The molecular formula is C18H23ClIN5O4S. The van der Waals surface area contributed by atoms with Gasteiger partial charge < -0.3 is 10.6 Å². The maximum Gasteiger partial charge on any atom is 0.269 e. The van der Waals surface area contributed by atoms with Gasteiger partial charge in [0.2, 0.25) is 10.0 Å². The summed E-state index contributed by atoms with van der Waals surface area (Å²) in [5.74, 6) is 0.471. The number of nitrogens with one attached hydrogen (secondary N) is 3. The molecule has 0 aromatic heterocycles. The Morgan fingerprint density at radius 2 is 1.80 bits per heavy atom. The summed E-state index contributed by atoms with van der Waals surface area (Å²) in [5, 5.41) is 17.5. The first-order valence-electron chi connectivity index (χ1n) is 8.67. The summed E-state index contributed by atoms with van der Waals surface area (Å²) >= 11 is 5.99. The number of guanidine groups is 1. The van der Waals surface area contributed by atoms with Crippen molar-refractivity contribution in [3.8, 4) is 0 Å². The quantitative estimate of drug-likeness (QED) is 0.107. The molecule has 3 N–H and O–H groups in total. The van der Waals surface area contributed by atoms with Crippen LogP contribution >= 0.6 is 35.6 Å². The third kappa shape index (κ3) is 10.2. The first-order valence-corrected chi connectivity index (χ1v) is 10.9. The van der Waals surface area contributed by atoms with Gasteiger partial charge in [0, 0.05) is 36.8 Å². The summed E-state index contributed by atoms with van der Waals surface area (Å²) in [7, 11) is -3.27. The van der Waals surface area contributed by atoms with E-state index in [4.69, 9.17) is 11.6 Å². The summed E-state index contributed by atoms with van der Waals surface area (Å²) in [6.45, 7) is 1.29. The minimum atomic E-state index is -3.27. The Bertz CT molecular complexity index is 971. The molecule has 30 heavy (non-hydrogen) atoms. The molecule has 2 aromatic carbocycles. The lowest BCUT2D eigenvalue weighted by Crippen LogP contribution is -2.41. The molecule has 12 heteroatoms. The highest BCUT2D eigenvalue weighted by Gasteiger charge is 2.05. The van der Waals surface area contributed by atoms with Gasteiger partial charge in [0.15, 0.2) is 5.96 Å². The van der Waals surface area contributed by atoms with Crippen LogP contribution in [0.5, 0.6) is 0 Å². The molecule has 0 bridgehead atoms. The Balaban J connectivity index is 0.00000450. The Morgan fingerprint density at radius 1 is 1.10 bits per heavy atom. The summed E-state index contributed by atoms with van der Waals surface area (Å²) in [5.41, 5.74) is 1.78. The smallest absolute Gasteiger partial charge is 0.269 e. The molecule has 2 rings (SSSR count). The van der Waals surface area contributed by atoms with E-state index in [0.717, 1.165) is 17.4 Å². The zero-order valence-corrected chi connectivity index (χ0v) is 20.1. The first kappa shape index (κ1) is 26.1. The maximum absolute atomic E-state index is 11.2. The van der Waals surface area contributed by atoms with E-state index < -0.39 is 14.9 Å². The van der Waals surface area contributed by atoms with Crippen LogP contribution in [0.15, 0.2) is 53.5 Å². The monoisotopic (exact) mass is 567 g/mol.